The van der Waals surface area contributed by atoms with Crippen LogP contribution in [0.5, 0.6) is 5.75 Å². The molecule has 2 aromatic rings. The number of ether oxygens (including phenoxy) is 1. The van der Waals surface area contributed by atoms with Crippen molar-refractivity contribution in [3.63, 3.8) is 0 Å². The number of rotatable bonds is 7. The Morgan fingerprint density at radius 2 is 1.59 bits per heavy atom. The van der Waals surface area contributed by atoms with Gasteiger partial charge in [0, 0.05) is 62.1 Å². The SMILES string of the molecule is Cc1ccc(OC(=O)C2(C(CC(N)=O)N3CC4CN(C(=O)c5c(C)cccc5C)CC4C3)CCC(=O)CC2)cc1Cl. The molecule has 2 amide bonds. The average Bonchev–Trinajstić information content (AvgIpc) is 3.49. The van der Waals surface area contributed by atoms with Crippen LogP contribution >= 0.6 is 11.6 Å². The third-order valence-corrected chi connectivity index (χ3v) is 9.84. The first-order chi connectivity index (χ1) is 19.5. The lowest BCUT2D eigenvalue weighted by Gasteiger charge is -2.45. The van der Waals surface area contributed by atoms with Gasteiger partial charge in [-0.05, 0) is 74.3 Å². The molecular formula is C32H38ClN3O5. The van der Waals surface area contributed by atoms with Crippen molar-refractivity contribution in [2.45, 2.75) is 58.9 Å². The number of ketones is 1. The molecule has 3 fully saturated rings. The highest BCUT2D eigenvalue weighted by atomic mass is 35.5. The molecule has 3 aliphatic rings. The lowest BCUT2D eigenvalue weighted by molar-refractivity contribution is -0.155. The van der Waals surface area contributed by atoms with Gasteiger partial charge in [0.2, 0.25) is 5.91 Å². The number of halogens is 1. The standard InChI is InChI=1S/C32H38ClN3O5/c1-19-7-8-25(13-26(19)33)41-31(40)32(11-9-24(37)10-12-32)27(14-28(34)38)35-15-22-17-36(18-23(22)16-35)30(39)29-20(2)5-4-6-21(29)3/h4-8,13,22-23,27H,9-12,14-18H2,1-3H3,(H2,34,38). The molecule has 5 rings (SSSR count). The lowest BCUT2D eigenvalue weighted by Crippen LogP contribution is -2.56. The van der Waals surface area contributed by atoms with Crippen LogP contribution in [0.1, 0.15) is 59.2 Å². The second-order valence-electron chi connectivity index (χ2n) is 12.1. The smallest absolute Gasteiger partial charge is 0.319 e. The molecule has 2 aromatic carbocycles. The highest BCUT2D eigenvalue weighted by Gasteiger charge is 2.54. The van der Waals surface area contributed by atoms with Gasteiger partial charge in [-0.15, -0.1) is 0 Å². The number of Topliss-reactive ketones (excluding diaryl/α,β-unsaturated/α-hetero) is 1. The van der Waals surface area contributed by atoms with Crippen molar-refractivity contribution in [1.82, 2.24) is 9.80 Å². The summed E-state index contributed by atoms with van der Waals surface area (Å²) in [6.45, 7) is 8.31. The minimum absolute atomic E-state index is 0.0115. The highest BCUT2D eigenvalue weighted by Crippen LogP contribution is 2.46. The van der Waals surface area contributed by atoms with Crippen molar-refractivity contribution < 1.29 is 23.9 Å². The molecule has 3 unspecified atom stereocenters. The third kappa shape index (κ3) is 5.77. The third-order valence-electron chi connectivity index (χ3n) is 9.43. The van der Waals surface area contributed by atoms with Gasteiger partial charge in [-0.1, -0.05) is 35.9 Å². The van der Waals surface area contributed by atoms with Gasteiger partial charge in [0.15, 0.2) is 0 Å². The van der Waals surface area contributed by atoms with Gasteiger partial charge in [-0.3, -0.25) is 24.1 Å². The quantitative estimate of drug-likeness (QED) is 0.388. The van der Waals surface area contributed by atoms with E-state index in [-0.39, 0.29) is 42.8 Å². The van der Waals surface area contributed by atoms with Gasteiger partial charge >= 0.3 is 5.97 Å². The van der Waals surface area contributed by atoms with Gasteiger partial charge in [-0.2, -0.15) is 0 Å². The van der Waals surface area contributed by atoms with Gasteiger partial charge in [0.25, 0.3) is 5.91 Å². The first-order valence-electron chi connectivity index (χ1n) is 14.4. The molecule has 0 spiro atoms. The number of esters is 1. The van der Waals surface area contributed by atoms with Gasteiger partial charge in [0.1, 0.15) is 11.5 Å². The van der Waals surface area contributed by atoms with Crippen LogP contribution < -0.4 is 10.5 Å². The van der Waals surface area contributed by atoms with E-state index in [9.17, 15) is 19.2 Å². The molecule has 218 valence electrons. The number of likely N-dealkylation sites (tertiary alicyclic amines) is 2. The second-order valence-corrected chi connectivity index (χ2v) is 12.5. The summed E-state index contributed by atoms with van der Waals surface area (Å²) in [5.41, 5.74) is 8.27. The maximum Gasteiger partial charge on any atom is 0.319 e. The average molecular weight is 580 g/mol. The van der Waals surface area contributed by atoms with Crippen molar-refractivity contribution >= 4 is 35.2 Å². The maximum absolute atomic E-state index is 14.0. The normalized spacial score (nSPS) is 22.8. The summed E-state index contributed by atoms with van der Waals surface area (Å²) in [6.07, 6.45) is 1.08. The molecule has 2 saturated heterocycles. The largest absolute Gasteiger partial charge is 0.426 e. The van der Waals surface area contributed by atoms with E-state index in [4.69, 9.17) is 22.1 Å². The summed E-state index contributed by atoms with van der Waals surface area (Å²) < 4.78 is 5.90. The van der Waals surface area contributed by atoms with Crippen LogP contribution in [0.15, 0.2) is 36.4 Å². The van der Waals surface area contributed by atoms with Gasteiger partial charge < -0.3 is 15.4 Å². The minimum Gasteiger partial charge on any atom is -0.426 e. The van der Waals surface area contributed by atoms with Gasteiger partial charge in [0.05, 0.1) is 5.41 Å². The fraction of sp³-hybridized carbons (Fsp3) is 0.500. The number of hydrogen-bond donors (Lipinski definition) is 1. The van der Waals surface area contributed by atoms with E-state index < -0.39 is 23.3 Å². The molecule has 0 radical (unpaired) electrons. The summed E-state index contributed by atoms with van der Waals surface area (Å²) in [7, 11) is 0. The highest BCUT2D eigenvalue weighted by molar-refractivity contribution is 6.31. The summed E-state index contributed by atoms with van der Waals surface area (Å²) >= 11 is 6.28. The predicted molar refractivity (Wildman–Crippen MR) is 156 cm³/mol. The topological polar surface area (TPSA) is 110 Å². The number of fused-ring (bicyclic) bond motifs is 1. The molecule has 2 heterocycles. The second kappa shape index (κ2) is 11.6. The number of carbonyl (C=O) groups excluding carboxylic acids is 4. The number of benzene rings is 2. The maximum atomic E-state index is 14.0. The Kier molecular flexibility index (Phi) is 8.26. The number of carbonyl (C=O) groups is 4. The molecule has 2 aliphatic heterocycles. The van der Waals surface area contributed by atoms with Crippen LogP contribution in [0.3, 0.4) is 0 Å². The molecule has 8 nitrogen and oxygen atoms in total. The Morgan fingerprint density at radius 3 is 2.15 bits per heavy atom. The van der Waals surface area contributed by atoms with E-state index in [1.807, 2.05) is 43.9 Å². The molecule has 0 bridgehead atoms. The van der Waals surface area contributed by atoms with Crippen LogP contribution in [0, 0.1) is 38.0 Å². The number of nitrogens with two attached hydrogens (primary N) is 1. The minimum atomic E-state index is -1.06. The van der Waals surface area contributed by atoms with E-state index in [1.165, 1.54) is 0 Å². The Balaban J connectivity index is 1.37. The Labute approximate surface area is 246 Å². The van der Waals surface area contributed by atoms with Crippen molar-refractivity contribution in [3.05, 3.63) is 63.7 Å². The summed E-state index contributed by atoms with van der Waals surface area (Å²) in [6, 6.07) is 10.5. The summed E-state index contributed by atoms with van der Waals surface area (Å²) in [5, 5.41) is 0.490. The molecule has 1 aliphatic carbocycles. The number of amides is 2. The molecule has 3 atom stereocenters. The Morgan fingerprint density at radius 1 is 0.976 bits per heavy atom. The number of hydrogen-bond acceptors (Lipinski definition) is 6. The number of nitrogens with zero attached hydrogens (tertiary/aromatic N) is 2. The monoisotopic (exact) mass is 579 g/mol. The van der Waals surface area contributed by atoms with Crippen LogP contribution in [0.25, 0.3) is 0 Å². The van der Waals surface area contributed by atoms with E-state index >= 15 is 0 Å². The fourth-order valence-corrected chi connectivity index (χ4v) is 7.29. The zero-order chi connectivity index (χ0) is 29.5. The Bertz CT molecular complexity index is 1350. The summed E-state index contributed by atoms with van der Waals surface area (Å²) in [5.74, 6) is -0.0397. The van der Waals surface area contributed by atoms with Crippen LogP contribution in [0.4, 0.5) is 0 Å². The van der Waals surface area contributed by atoms with Crippen molar-refractivity contribution in [3.8, 4) is 5.75 Å². The first-order valence-corrected chi connectivity index (χ1v) is 14.7. The van der Waals surface area contributed by atoms with E-state index in [0.717, 1.165) is 22.3 Å². The lowest BCUT2D eigenvalue weighted by atomic mass is 9.67. The van der Waals surface area contributed by atoms with E-state index in [0.29, 0.717) is 49.8 Å². The van der Waals surface area contributed by atoms with Crippen molar-refractivity contribution in [2.24, 2.45) is 23.0 Å². The van der Waals surface area contributed by atoms with Crippen molar-refractivity contribution in [2.75, 3.05) is 26.2 Å². The molecule has 2 N–H and O–H groups in total. The van der Waals surface area contributed by atoms with Crippen LogP contribution in [-0.4, -0.2) is 65.6 Å². The Hall–Kier alpha value is -3.23. The van der Waals surface area contributed by atoms with Gasteiger partial charge in [-0.25, -0.2) is 0 Å². The van der Waals surface area contributed by atoms with E-state index in [1.54, 1.807) is 18.2 Å². The van der Waals surface area contributed by atoms with E-state index in [2.05, 4.69) is 4.90 Å². The number of primary amides is 1. The molecule has 41 heavy (non-hydrogen) atoms. The molecule has 0 aromatic heterocycles. The van der Waals surface area contributed by atoms with Crippen LogP contribution in [-0.2, 0) is 14.4 Å². The molecular weight excluding hydrogens is 542 g/mol. The molecule has 1 saturated carbocycles. The summed E-state index contributed by atoms with van der Waals surface area (Å²) in [4.78, 5) is 56.3. The fourth-order valence-electron chi connectivity index (χ4n) is 7.12. The predicted octanol–water partition coefficient (Wildman–Crippen LogP) is 4.25. The van der Waals surface area contributed by atoms with Crippen LogP contribution in [0.2, 0.25) is 5.02 Å². The van der Waals surface area contributed by atoms with Crippen molar-refractivity contribution in [1.29, 1.82) is 0 Å². The zero-order valence-corrected chi connectivity index (χ0v) is 24.7. The molecule has 9 heteroatoms. The number of aryl methyl sites for hydroxylation is 3. The zero-order valence-electron chi connectivity index (χ0n) is 24.0. The first kappa shape index (κ1) is 29.3.